The van der Waals surface area contributed by atoms with Crippen molar-refractivity contribution in [2.24, 2.45) is 0 Å². The van der Waals surface area contributed by atoms with E-state index in [0.717, 1.165) is 6.07 Å². The monoisotopic (exact) mass is 280 g/mol. The molecule has 6 heteroatoms. The molecule has 1 aromatic carbocycles. The maximum atomic E-state index is 13.5. The zero-order chi connectivity index (χ0) is 14.5. The number of halogens is 2. The Kier molecular flexibility index (Phi) is 4.34. The van der Waals surface area contributed by atoms with Crippen molar-refractivity contribution in [3.8, 4) is 0 Å². The third kappa shape index (κ3) is 3.34. The molecule has 1 unspecified atom stereocenters. The van der Waals surface area contributed by atoms with Gasteiger partial charge in [0.05, 0.1) is 18.5 Å². The predicted molar refractivity (Wildman–Crippen MR) is 70.0 cm³/mol. The number of furan rings is 1. The van der Waals surface area contributed by atoms with Crippen molar-refractivity contribution < 1.29 is 18.0 Å². The van der Waals surface area contributed by atoms with Gasteiger partial charge in [0, 0.05) is 0 Å². The number of carbonyl (C=O) groups excluding carboxylic acids is 1. The molecule has 0 saturated heterocycles. The van der Waals surface area contributed by atoms with Gasteiger partial charge in [-0.1, -0.05) is 6.07 Å². The Morgan fingerprint density at radius 2 is 2.10 bits per heavy atom. The Hall–Kier alpha value is -2.37. The van der Waals surface area contributed by atoms with Crippen LogP contribution in [0.25, 0.3) is 0 Å². The number of carbonyl (C=O) groups is 1. The second-order valence-corrected chi connectivity index (χ2v) is 4.26. The van der Waals surface area contributed by atoms with E-state index in [1.165, 1.54) is 18.4 Å². The summed E-state index contributed by atoms with van der Waals surface area (Å²) < 4.78 is 31.6. The third-order valence-electron chi connectivity index (χ3n) is 2.73. The van der Waals surface area contributed by atoms with Crippen LogP contribution in [-0.4, -0.2) is 11.9 Å². The van der Waals surface area contributed by atoms with E-state index in [9.17, 15) is 13.6 Å². The van der Waals surface area contributed by atoms with Gasteiger partial charge in [0.2, 0.25) is 5.91 Å². The highest BCUT2D eigenvalue weighted by molar-refractivity contribution is 5.84. The fraction of sp³-hybridized carbons (Fsp3) is 0.214. The minimum absolute atomic E-state index is 0.0503. The van der Waals surface area contributed by atoms with Gasteiger partial charge in [-0.25, -0.2) is 8.78 Å². The quantitative estimate of drug-likeness (QED) is 0.885. The normalized spacial score (nSPS) is 11.9. The lowest BCUT2D eigenvalue weighted by molar-refractivity contribution is -0.121. The largest absolute Gasteiger partial charge is 0.467 e. The van der Waals surface area contributed by atoms with Crippen LogP contribution in [0.15, 0.2) is 41.0 Å². The van der Waals surface area contributed by atoms with Crippen LogP contribution in [0.3, 0.4) is 0 Å². The Morgan fingerprint density at radius 3 is 2.80 bits per heavy atom. The molecule has 20 heavy (non-hydrogen) atoms. The van der Waals surface area contributed by atoms with Crippen LogP contribution in [0.2, 0.25) is 0 Å². The standard InChI is InChI=1S/C14H14F2N2O2/c1-9(14(19)17-8-10-4-3-7-20-10)18-12-6-2-5-11(15)13(12)16/h2-7,9,18H,8H2,1H3,(H,17,19). The molecule has 2 aromatic rings. The highest BCUT2D eigenvalue weighted by Gasteiger charge is 2.15. The van der Waals surface area contributed by atoms with E-state index in [1.54, 1.807) is 19.1 Å². The lowest BCUT2D eigenvalue weighted by Crippen LogP contribution is -2.37. The first kappa shape index (κ1) is 14.0. The first-order valence-electron chi connectivity index (χ1n) is 6.08. The zero-order valence-electron chi connectivity index (χ0n) is 10.8. The number of rotatable bonds is 5. The van der Waals surface area contributed by atoms with Gasteiger partial charge in [0.25, 0.3) is 0 Å². The summed E-state index contributed by atoms with van der Waals surface area (Å²) in [5.74, 6) is -1.69. The van der Waals surface area contributed by atoms with Gasteiger partial charge < -0.3 is 15.1 Å². The number of benzene rings is 1. The Bertz CT molecular complexity index is 585. The molecule has 4 nitrogen and oxygen atoms in total. The van der Waals surface area contributed by atoms with E-state index in [1.807, 2.05) is 0 Å². The van der Waals surface area contributed by atoms with Gasteiger partial charge >= 0.3 is 0 Å². The van der Waals surface area contributed by atoms with Crippen LogP contribution in [-0.2, 0) is 11.3 Å². The topological polar surface area (TPSA) is 54.3 Å². The second kappa shape index (κ2) is 6.18. The summed E-state index contributed by atoms with van der Waals surface area (Å²) in [6, 6.07) is 6.49. The van der Waals surface area contributed by atoms with Crippen LogP contribution in [0, 0.1) is 11.6 Å². The molecule has 1 atom stereocenters. The van der Waals surface area contributed by atoms with Gasteiger partial charge in [0.1, 0.15) is 11.8 Å². The Labute approximate surface area is 114 Å². The molecule has 1 aromatic heterocycles. The minimum Gasteiger partial charge on any atom is -0.467 e. The van der Waals surface area contributed by atoms with Crippen LogP contribution < -0.4 is 10.6 Å². The van der Waals surface area contributed by atoms with Crippen molar-refractivity contribution in [3.63, 3.8) is 0 Å². The summed E-state index contributed by atoms with van der Waals surface area (Å²) in [6.45, 7) is 1.80. The predicted octanol–water partition coefficient (Wildman–Crippen LogP) is 2.67. The van der Waals surface area contributed by atoms with E-state index in [-0.39, 0.29) is 18.1 Å². The van der Waals surface area contributed by atoms with E-state index in [4.69, 9.17) is 4.42 Å². The first-order chi connectivity index (χ1) is 9.58. The average Bonchev–Trinajstić information content (AvgIpc) is 2.94. The van der Waals surface area contributed by atoms with Crippen molar-refractivity contribution in [2.75, 3.05) is 5.32 Å². The molecule has 0 aliphatic rings. The molecule has 2 rings (SSSR count). The van der Waals surface area contributed by atoms with Gasteiger partial charge in [-0.15, -0.1) is 0 Å². The first-order valence-corrected chi connectivity index (χ1v) is 6.08. The van der Waals surface area contributed by atoms with Crippen LogP contribution in [0.1, 0.15) is 12.7 Å². The van der Waals surface area contributed by atoms with Crippen molar-refractivity contribution in [2.45, 2.75) is 19.5 Å². The summed E-state index contributed by atoms with van der Waals surface area (Å²) in [4.78, 5) is 11.8. The smallest absolute Gasteiger partial charge is 0.242 e. The number of nitrogens with one attached hydrogen (secondary N) is 2. The highest BCUT2D eigenvalue weighted by atomic mass is 19.2. The summed E-state index contributed by atoms with van der Waals surface area (Å²) in [5.41, 5.74) is -0.0503. The summed E-state index contributed by atoms with van der Waals surface area (Å²) in [6.07, 6.45) is 1.51. The van der Waals surface area contributed by atoms with Crippen LogP contribution in [0.5, 0.6) is 0 Å². The summed E-state index contributed by atoms with van der Waals surface area (Å²) in [5, 5.41) is 5.25. The molecule has 0 saturated carbocycles. The number of hydrogen-bond donors (Lipinski definition) is 2. The molecular weight excluding hydrogens is 266 g/mol. The summed E-state index contributed by atoms with van der Waals surface area (Å²) in [7, 11) is 0. The van der Waals surface area contributed by atoms with E-state index >= 15 is 0 Å². The van der Waals surface area contributed by atoms with Gasteiger partial charge in [-0.2, -0.15) is 0 Å². The maximum absolute atomic E-state index is 13.5. The van der Waals surface area contributed by atoms with Crippen LogP contribution in [0.4, 0.5) is 14.5 Å². The number of anilines is 1. The number of amides is 1. The van der Waals surface area contributed by atoms with E-state index in [0.29, 0.717) is 5.76 Å². The molecule has 0 fully saturated rings. The van der Waals surface area contributed by atoms with Gasteiger partial charge in [0.15, 0.2) is 11.6 Å². The van der Waals surface area contributed by atoms with Crippen molar-refractivity contribution >= 4 is 11.6 Å². The molecule has 1 amide bonds. The van der Waals surface area contributed by atoms with Crippen LogP contribution >= 0.6 is 0 Å². The molecule has 2 N–H and O–H groups in total. The van der Waals surface area contributed by atoms with Crippen molar-refractivity contribution in [1.29, 1.82) is 0 Å². The molecule has 0 spiro atoms. The maximum Gasteiger partial charge on any atom is 0.242 e. The Balaban J connectivity index is 1.92. The van der Waals surface area contributed by atoms with Gasteiger partial charge in [-0.3, -0.25) is 4.79 Å². The zero-order valence-corrected chi connectivity index (χ0v) is 10.8. The molecule has 1 heterocycles. The number of hydrogen-bond acceptors (Lipinski definition) is 3. The van der Waals surface area contributed by atoms with E-state index in [2.05, 4.69) is 10.6 Å². The third-order valence-corrected chi connectivity index (χ3v) is 2.73. The SMILES string of the molecule is CC(Nc1cccc(F)c1F)C(=O)NCc1ccco1. The fourth-order valence-electron chi connectivity index (χ4n) is 1.65. The second-order valence-electron chi connectivity index (χ2n) is 4.26. The van der Waals surface area contributed by atoms with Gasteiger partial charge in [-0.05, 0) is 31.2 Å². The minimum atomic E-state index is -1.00. The molecule has 0 bridgehead atoms. The average molecular weight is 280 g/mol. The molecular formula is C14H14F2N2O2. The van der Waals surface area contributed by atoms with Crippen molar-refractivity contribution in [3.05, 3.63) is 54.0 Å². The molecule has 0 aliphatic heterocycles. The highest BCUT2D eigenvalue weighted by Crippen LogP contribution is 2.17. The van der Waals surface area contributed by atoms with E-state index < -0.39 is 17.7 Å². The lowest BCUT2D eigenvalue weighted by Gasteiger charge is -2.15. The lowest BCUT2D eigenvalue weighted by atomic mass is 10.2. The molecule has 106 valence electrons. The van der Waals surface area contributed by atoms with Crippen molar-refractivity contribution in [1.82, 2.24) is 5.32 Å². The molecule has 0 aliphatic carbocycles. The Morgan fingerprint density at radius 1 is 1.30 bits per heavy atom. The fourth-order valence-corrected chi connectivity index (χ4v) is 1.65. The summed E-state index contributed by atoms with van der Waals surface area (Å²) >= 11 is 0. The molecule has 0 radical (unpaired) electrons.